The molecular formula is C27H35N3. The first-order valence-corrected chi connectivity index (χ1v) is 11.5. The molecule has 2 aliphatic heterocycles. The number of nitrogens with zero attached hydrogens (tertiary/aromatic N) is 1. The lowest BCUT2D eigenvalue weighted by Gasteiger charge is -2.35. The first-order valence-electron chi connectivity index (χ1n) is 11.5. The molecule has 0 bridgehead atoms. The van der Waals surface area contributed by atoms with Crippen molar-refractivity contribution in [1.82, 2.24) is 10.2 Å². The van der Waals surface area contributed by atoms with Crippen LogP contribution in [0, 0.1) is 18.3 Å². The van der Waals surface area contributed by atoms with E-state index in [-0.39, 0.29) is 0 Å². The van der Waals surface area contributed by atoms with Crippen LogP contribution in [0.2, 0.25) is 0 Å². The molecule has 3 nitrogen and oxygen atoms in total. The second kappa shape index (κ2) is 9.69. The van der Waals surface area contributed by atoms with Crippen LogP contribution in [0.15, 0.2) is 53.1 Å². The Labute approximate surface area is 182 Å². The van der Waals surface area contributed by atoms with Gasteiger partial charge in [-0.3, -0.25) is 0 Å². The Hall–Kier alpha value is -2.28. The van der Waals surface area contributed by atoms with Gasteiger partial charge in [0.2, 0.25) is 0 Å². The molecule has 2 N–H and O–H groups in total. The van der Waals surface area contributed by atoms with Gasteiger partial charge in [0.05, 0.1) is 0 Å². The van der Waals surface area contributed by atoms with E-state index in [1.165, 1.54) is 53.9 Å². The zero-order chi connectivity index (χ0) is 20.9. The van der Waals surface area contributed by atoms with Crippen molar-refractivity contribution in [2.24, 2.45) is 5.92 Å². The van der Waals surface area contributed by atoms with Crippen molar-refractivity contribution in [1.29, 1.82) is 0 Å². The highest BCUT2D eigenvalue weighted by Crippen LogP contribution is 2.30. The summed E-state index contributed by atoms with van der Waals surface area (Å²) >= 11 is 0. The third-order valence-electron chi connectivity index (χ3n) is 6.91. The van der Waals surface area contributed by atoms with Crippen molar-refractivity contribution in [3.8, 4) is 12.3 Å². The quantitative estimate of drug-likeness (QED) is 0.702. The molecule has 0 amide bonds. The lowest BCUT2D eigenvalue weighted by atomic mass is 9.86. The van der Waals surface area contributed by atoms with E-state index in [0.29, 0.717) is 12.0 Å². The number of hydrogen-bond donors (Lipinski definition) is 2. The lowest BCUT2D eigenvalue weighted by Crippen LogP contribution is -2.41. The average molecular weight is 402 g/mol. The Morgan fingerprint density at radius 2 is 2.17 bits per heavy atom. The Kier molecular flexibility index (Phi) is 6.77. The highest BCUT2D eigenvalue weighted by Gasteiger charge is 2.24. The summed E-state index contributed by atoms with van der Waals surface area (Å²) in [4.78, 5) is 2.64. The van der Waals surface area contributed by atoms with Crippen molar-refractivity contribution < 1.29 is 0 Å². The minimum atomic E-state index is 0.560. The first-order chi connectivity index (χ1) is 14.7. The number of piperidine rings is 1. The standard InChI is InChI=1S/C27H35N3/c1-4-20(3)26-17-21(9-10-22(26)5-2)19-30-15-12-24(13-16-30)29-27-8-6-7-23-18-28-14-11-25(23)27/h2,4,6-8,10,17,21,24,28-29H,9,11-16,18-19H2,1,3H3. The van der Waals surface area contributed by atoms with Crippen molar-refractivity contribution in [3.63, 3.8) is 0 Å². The summed E-state index contributed by atoms with van der Waals surface area (Å²) in [6.45, 7) is 9.81. The van der Waals surface area contributed by atoms with Gasteiger partial charge in [0.25, 0.3) is 0 Å². The fraction of sp³-hybridized carbons (Fsp3) is 0.481. The molecule has 30 heavy (non-hydrogen) atoms. The van der Waals surface area contributed by atoms with Gasteiger partial charge < -0.3 is 15.5 Å². The summed E-state index contributed by atoms with van der Waals surface area (Å²) in [5, 5.41) is 7.35. The number of hydrogen-bond acceptors (Lipinski definition) is 3. The van der Waals surface area contributed by atoms with Crippen LogP contribution in [0.3, 0.4) is 0 Å². The van der Waals surface area contributed by atoms with Crippen LogP contribution < -0.4 is 10.6 Å². The van der Waals surface area contributed by atoms with Crippen LogP contribution in [0.5, 0.6) is 0 Å². The number of rotatable bonds is 5. The average Bonchev–Trinajstić information content (AvgIpc) is 2.80. The molecule has 3 heteroatoms. The molecular weight excluding hydrogens is 366 g/mol. The van der Waals surface area contributed by atoms with Crippen LogP contribution in [-0.4, -0.2) is 37.1 Å². The van der Waals surface area contributed by atoms with Gasteiger partial charge in [-0.25, -0.2) is 0 Å². The monoisotopic (exact) mass is 401 g/mol. The fourth-order valence-electron chi connectivity index (χ4n) is 5.01. The maximum Gasteiger partial charge on any atom is 0.0378 e. The smallest absolute Gasteiger partial charge is 0.0378 e. The molecule has 1 fully saturated rings. The third kappa shape index (κ3) is 4.72. The molecule has 1 atom stereocenters. The van der Waals surface area contributed by atoms with E-state index in [1.807, 2.05) is 0 Å². The van der Waals surface area contributed by atoms with E-state index in [0.717, 1.165) is 38.0 Å². The maximum atomic E-state index is 5.73. The Morgan fingerprint density at radius 3 is 2.93 bits per heavy atom. The van der Waals surface area contributed by atoms with Gasteiger partial charge in [-0.1, -0.05) is 36.3 Å². The second-order valence-electron chi connectivity index (χ2n) is 8.90. The second-order valence-corrected chi connectivity index (χ2v) is 8.90. The summed E-state index contributed by atoms with van der Waals surface area (Å²) in [5.74, 6) is 3.43. The van der Waals surface area contributed by atoms with Crippen molar-refractivity contribution in [2.75, 3.05) is 31.5 Å². The van der Waals surface area contributed by atoms with Gasteiger partial charge in [-0.05, 0) is 80.3 Å². The minimum absolute atomic E-state index is 0.560. The lowest BCUT2D eigenvalue weighted by molar-refractivity contribution is 0.200. The van der Waals surface area contributed by atoms with E-state index in [1.54, 1.807) is 0 Å². The van der Waals surface area contributed by atoms with Crippen LogP contribution in [0.4, 0.5) is 5.69 Å². The normalized spacial score (nSPS) is 23.2. The van der Waals surface area contributed by atoms with Crippen molar-refractivity contribution >= 4 is 5.69 Å². The SMILES string of the molecule is C#CC1=CCC(CN2CCC(Nc3cccc4c3CCNC4)CC2)C=C1C(C)=CC. The highest BCUT2D eigenvalue weighted by atomic mass is 15.1. The van der Waals surface area contributed by atoms with Gasteiger partial charge in [0, 0.05) is 43.5 Å². The Morgan fingerprint density at radius 1 is 1.33 bits per heavy atom. The predicted molar refractivity (Wildman–Crippen MR) is 127 cm³/mol. The van der Waals surface area contributed by atoms with Crippen molar-refractivity contribution in [3.05, 3.63) is 64.3 Å². The van der Waals surface area contributed by atoms with Crippen molar-refractivity contribution in [2.45, 2.75) is 52.1 Å². The van der Waals surface area contributed by atoms with Crippen LogP contribution in [-0.2, 0) is 13.0 Å². The van der Waals surface area contributed by atoms with Crippen LogP contribution in [0.1, 0.15) is 44.2 Å². The van der Waals surface area contributed by atoms with E-state index in [9.17, 15) is 0 Å². The number of nitrogens with one attached hydrogen (secondary N) is 2. The molecule has 1 aromatic rings. The molecule has 0 saturated carbocycles. The zero-order valence-corrected chi connectivity index (χ0v) is 18.5. The molecule has 1 aliphatic carbocycles. The minimum Gasteiger partial charge on any atom is -0.382 e. The fourth-order valence-corrected chi connectivity index (χ4v) is 5.01. The number of terminal acetylenes is 1. The van der Waals surface area contributed by atoms with Gasteiger partial charge >= 0.3 is 0 Å². The summed E-state index contributed by atoms with van der Waals surface area (Å²) in [6, 6.07) is 7.31. The number of likely N-dealkylation sites (tertiary alicyclic amines) is 1. The predicted octanol–water partition coefficient (Wildman–Crippen LogP) is 4.68. The summed E-state index contributed by atoms with van der Waals surface area (Å²) in [6.07, 6.45) is 17.2. The van der Waals surface area contributed by atoms with E-state index in [4.69, 9.17) is 6.42 Å². The topological polar surface area (TPSA) is 27.3 Å². The molecule has 158 valence electrons. The van der Waals surface area contributed by atoms with E-state index >= 15 is 0 Å². The molecule has 0 aromatic heterocycles. The third-order valence-corrected chi connectivity index (χ3v) is 6.91. The van der Waals surface area contributed by atoms with E-state index < -0.39 is 0 Å². The van der Waals surface area contributed by atoms with Gasteiger partial charge in [0.15, 0.2) is 0 Å². The summed E-state index contributed by atoms with van der Waals surface area (Å²) in [5.41, 5.74) is 7.95. The molecule has 0 spiro atoms. The molecule has 1 aromatic carbocycles. The molecule has 2 heterocycles. The highest BCUT2D eigenvalue weighted by molar-refractivity contribution is 5.57. The Balaban J connectivity index is 1.32. The van der Waals surface area contributed by atoms with Gasteiger partial charge in [-0.15, -0.1) is 6.42 Å². The molecule has 1 saturated heterocycles. The van der Waals surface area contributed by atoms with Crippen LogP contribution in [0.25, 0.3) is 0 Å². The Bertz CT molecular complexity index is 891. The van der Waals surface area contributed by atoms with Gasteiger partial charge in [0.1, 0.15) is 0 Å². The van der Waals surface area contributed by atoms with Crippen LogP contribution >= 0.6 is 0 Å². The molecule has 4 rings (SSSR count). The number of benzene rings is 1. The first kappa shape index (κ1) is 21.0. The van der Waals surface area contributed by atoms with E-state index in [2.05, 4.69) is 71.7 Å². The zero-order valence-electron chi connectivity index (χ0n) is 18.5. The molecule has 1 unspecified atom stereocenters. The maximum absolute atomic E-state index is 5.73. The summed E-state index contributed by atoms with van der Waals surface area (Å²) in [7, 11) is 0. The summed E-state index contributed by atoms with van der Waals surface area (Å²) < 4.78 is 0. The number of anilines is 1. The largest absolute Gasteiger partial charge is 0.382 e. The number of allylic oxidation sites excluding steroid dienone is 5. The molecule has 3 aliphatic rings. The number of fused-ring (bicyclic) bond motifs is 1. The van der Waals surface area contributed by atoms with Gasteiger partial charge in [-0.2, -0.15) is 0 Å². The molecule has 0 radical (unpaired) electrons.